The molecule has 0 saturated carbocycles. The molecule has 0 bridgehead atoms. The van der Waals surface area contributed by atoms with Crippen molar-refractivity contribution in [1.82, 2.24) is 4.98 Å². The minimum absolute atomic E-state index is 0.0855. The van der Waals surface area contributed by atoms with Gasteiger partial charge in [-0.2, -0.15) is 0 Å². The first-order chi connectivity index (χ1) is 9.68. The van der Waals surface area contributed by atoms with Gasteiger partial charge < -0.3 is 18.6 Å². The van der Waals surface area contributed by atoms with Crippen molar-refractivity contribution in [3.05, 3.63) is 24.0 Å². The fourth-order valence-corrected chi connectivity index (χ4v) is 2.73. The summed E-state index contributed by atoms with van der Waals surface area (Å²) in [5.41, 5.74) is 0.312. The predicted octanol–water partition coefficient (Wildman–Crippen LogP) is 3.06. The van der Waals surface area contributed by atoms with Crippen molar-refractivity contribution in [2.24, 2.45) is 5.92 Å². The Morgan fingerprint density at radius 2 is 1.95 bits per heavy atom. The maximum Gasteiger partial charge on any atom is 0.360 e. The summed E-state index contributed by atoms with van der Waals surface area (Å²) in [5, 5.41) is -0.137. The van der Waals surface area contributed by atoms with Crippen LogP contribution >= 0.6 is 7.60 Å². The number of hydrogen-bond acceptors (Lipinski definition) is 4. The van der Waals surface area contributed by atoms with E-state index in [1.807, 2.05) is 27.7 Å². The van der Waals surface area contributed by atoms with Crippen molar-refractivity contribution in [2.45, 2.75) is 40.0 Å². The molecule has 116 valence electrons. The largest absolute Gasteiger partial charge is 0.458 e. The van der Waals surface area contributed by atoms with E-state index in [0.717, 1.165) is 0 Å². The Morgan fingerprint density at radius 1 is 1.29 bits per heavy atom. The fourth-order valence-electron chi connectivity index (χ4n) is 1.99. The van der Waals surface area contributed by atoms with E-state index < -0.39 is 7.60 Å². The molecule has 0 aromatic carbocycles. The fraction of sp³-hybridized carbons (Fsp3) is 0.500. The lowest BCUT2D eigenvalue weighted by Gasteiger charge is -2.01. The number of furan rings is 1. The monoisotopic (exact) mass is 313 g/mol. The van der Waals surface area contributed by atoms with E-state index in [-0.39, 0.29) is 17.0 Å². The molecular weight excluding hydrogens is 293 g/mol. The summed E-state index contributed by atoms with van der Waals surface area (Å²) < 4.78 is 22.6. The third-order valence-corrected chi connectivity index (χ3v) is 3.90. The van der Waals surface area contributed by atoms with E-state index in [0.29, 0.717) is 29.7 Å². The van der Waals surface area contributed by atoms with Crippen LogP contribution in [0.25, 0.3) is 11.5 Å². The van der Waals surface area contributed by atoms with Gasteiger partial charge in [0.15, 0.2) is 11.7 Å². The minimum atomic E-state index is -4.43. The molecule has 0 aliphatic heterocycles. The van der Waals surface area contributed by atoms with Crippen molar-refractivity contribution in [3.63, 3.8) is 0 Å². The third-order valence-electron chi connectivity index (χ3n) is 2.94. The molecule has 0 radical (unpaired) electrons. The van der Waals surface area contributed by atoms with Gasteiger partial charge in [0.25, 0.3) is 0 Å². The second kappa shape index (κ2) is 5.79. The molecule has 0 atom stereocenters. The van der Waals surface area contributed by atoms with Crippen LogP contribution in [0.3, 0.4) is 0 Å². The van der Waals surface area contributed by atoms with E-state index >= 15 is 0 Å². The molecule has 2 N–H and O–H groups in total. The van der Waals surface area contributed by atoms with Crippen molar-refractivity contribution >= 4 is 12.9 Å². The molecule has 2 heterocycles. The van der Waals surface area contributed by atoms with Gasteiger partial charge in [-0.3, -0.25) is 4.57 Å². The average molecular weight is 313 g/mol. The molecule has 0 aliphatic rings. The summed E-state index contributed by atoms with van der Waals surface area (Å²) in [5.74, 6) is 1.53. The second-order valence-corrected chi connectivity index (χ2v) is 7.36. The van der Waals surface area contributed by atoms with Crippen LogP contribution in [0.4, 0.5) is 0 Å². The molecule has 0 saturated heterocycles. The van der Waals surface area contributed by atoms with Gasteiger partial charge >= 0.3 is 7.60 Å². The highest BCUT2D eigenvalue weighted by Gasteiger charge is 2.29. The van der Waals surface area contributed by atoms with E-state index in [9.17, 15) is 14.4 Å². The van der Waals surface area contributed by atoms with Gasteiger partial charge in [-0.15, -0.1) is 0 Å². The van der Waals surface area contributed by atoms with Gasteiger partial charge in [-0.1, -0.05) is 27.7 Å². The van der Waals surface area contributed by atoms with Crippen LogP contribution in [-0.4, -0.2) is 14.8 Å². The van der Waals surface area contributed by atoms with Crippen LogP contribution < -0.4 is 5.30 Å². The Hall–Kier alpha value is -1.36. The number of nitrogens with zero attached hydrogens (tertiary/aromatic N) is 1. The first-order valence-electron chi connectivity index (χ1n) is 6.83. The molecule has 2 aromatic rings. The standard InChI is InChI=1S/C14H20NO5P/c1-8(2)5-10-6-12(21(16,17)18)13(20-10)11-7-19-14(15-11)9(3)4/h6-9H,5H2,1-4H3,(H2,16,17,18). The van der Waals surface area contributed by atoms with Crippen molar-refractivity contribution < 1.29 is 23.2 Å². The predicted molar refractivity (Wildman–Crippen MR) is 78.5 cm³/mol. The van der Waals surface area contributed by atoms with E-state index in [1.54, 1.807) is 0 Å². The zero-order valence-electron chi connectivity index (χ0n) is 12.5. The Bertz CT molecular complexity index is 665. The summed E-state index contributed by atoms with van der Waals surface area (Å²) >= 11 is 0. The molecule has 2 rings (SSSR count). The zero-order valence-corrected chi connectivity index (χ0v) is 13.4. The smallest absolute Gasteiger partial charge is 0.360 e. The molecule has 0 amide bonds. The maximum absolute atomic E-state index is 11.6. The molecule has 0 spiro atoms. The summed E-state index contributed by atoms with van der Waals surface area (Å²) in [6.07, 6.45) is 1.97. The number of oxazole rings is 1. The molecule has 21 heavy (non-hydrogen) atoms. The lowest BCUT2D eigenvalue weighted by molar-refractivity contribution is 0.387. The van der Waals surface area contributed by atoms with Crippen LogP contribution in [0, 0.1) is 5.92 Å². The summed E-state index contributed by atoms with van der Waals surface area (Å²) in [7, 11) is -4.43. The maximum atomic E-state index is 11.6. The Labute approximate surface area is 123 Å². The Balaban J connectivity index is 2.49. The molecule has 6 nitrogen and oxygen atoms in total. The zero-order chi connectivity index (χ0) is 15.8. The van der Waals surface area contributed by atoms with Crippen LogP contribution in [0.15, 0.2) is 21.2 Å². The van der Waals surface area contributed by atoms with E-state index in [1.165, 1.54) is 12.3 Å². The topological polar surface area (TPSA) is 96.7 Å². The van der Waals surface area contributed by atoms with Gasteiger partial charge in [0.05, 0.1) is 0 Å². The average Bonchev–Trinajstić information content (AvgIpc) is 2.91. The summed E-state index contributed by atoms with van der Waals surface area (Å²) in [4.78, 5) is 23.2. The first kappa shape index (κ1) is 16.0. The molecular formula is C14H20NO5P. The van der Waals surface area contributed by atoms with E-state index in [2.05, 4.69) is 4.98 Å². The number of aromatic nitrogens is 1. The minimum Gasteiger partial charge on any atom is -0.458 e. The quantitative estimate of drug-likeness (QED) is 0.823. The van der Waals surface area contributed by atoms with Gasteiger partial charge in [0.2, 0.25) is 0 Å². The molecule has 7 heteroatoms. The summed E-state index contributed by atoms with van der Waals surface area (Å²) in [6, 6.07) is 1.42. The SMILES string of the molecule is CC(C)Cc1cc(P(=O)(O)O)c(-c2coc(C(C)C)n2)o1. The van der Waals surface area contributed by atoms with Gasteiger partial charge in [0.1, 0.15) is 23.0 Å². The third kappa shape index (κ3) is 3.64. The Kier molecular flexibility index (Phi) is 4.42. The van der Waals surface area contributed by atoms with Crippen molar-refractivity contribution in [2.75, 3.05) is 0 Å². The first-order valence-corrected chi connectivity index (χ1v) is 8.44. The lowest BCUT2D eigenvalue weighted by Crippen LogP contribution is -2.04. The highest BCUT2D eigenvalue weighted by molar-refractivity contribution is 7.60. The second-order valence-electron chi connectivity index (χ2n) is 5.79. The van der Waals surface area contributed by atoms with Gasteiger partial charge in [-0.25, -0.2) is 4.98 Å². The molecule has 0 unspecified atom stereocenters. The number of rotatable bonds is 5. The van der Waals surface area contributed by atoms with E-state index in [4.69, 9.17) is 8.83 Å². The van der Waals surface area contributed by atoms with Gasteiger partial charge in [-0.05, 0) is 12.0 Å². The number of hydrogen-bond donors (Lipinski definition) is 2. The Morgan fingerprint density at radius 3 is 2.43 bits per heavy atom. The normalized spacial score (nSPS) is 12.6. The molecule has 2 aromatic heterocycles. The lowest BCUT2D eigenvalue weighted by atomic mass is 10.1. The van der Waals surface area contributed by atoms with Crippen LogP contribution in [0.2, 0.25) is 0 Å². The van der Waals surface area contributed by atoms with Gasteiger partial charge in [0, 0.05) is 12.3 Å². The van der Waals surface area contributed by atoms with Crippen LogP contribution in [0.5, 0.6) is 0 Å². The highest BCUT2D eigenvalue weighted by atomic mass is 31.2. The van der Waals surface area contributed by atoms with Crippen molar-refractivity contribution in [1.29, 1.82) is 0 Å². The molecule has 0 fully saturated rings. The molecule has 0 aliphatic carbocycles. The van der Waals surface area contributed by atoms with Crippen LogP contribution in [0.1, 0.15) is 45.3 Å². The van der Waals surface area contributed by atoms with Crippen LogP contribution in [-0.2, 0) is 11.0 Å². The highest BCUT2D eigenvalue weighted by Crippen LogP contribution is 2.39. The summed E-state index contributed by atoms with van der Waals surface area (Å²) in [6.45, 7) is 7.86. The van der Waals surface area contributed by atoms with Crippen molar-refractivity contribution in [3.8, 4) is 11.5 Å².